The molecule has 0 fully saturated rings. The molecule has 5 nitrogen and oxygen atoms in total. The Morgan fingerprint density at radius 1 is 0.735 bits per heavy atom. The number of anilines is 2. The van der Waals surface area contributed by atoms with Gasteiger partial charge in [0.05, 0.1) is 18.4 Å². The molecule has 0 aromatic heterocycles. The van der Waals surface area contributed by atoms with E-state index in [4.69, 9.17) is 4.74 Å². The van der Waals surface area contributed by atoms with E-state index in [0.717, 1.165) is 10.5 Å². The number of hydrogen-bond acceptors (Lipinski definition) is 4. The summed E-state index contributed by atoms with van der Waals surface area (Å²) in [5, 5.41) is 5.36. The van der Waals surface area contributed by atoms with Crippen molar-refractivity contribution in [2.45, 2.75) is 10.1 Å². The second kappa shape index (κ2) is 11.2. The van der Waals surface area contributed by atoms with Crippen LogP contribution in [0, 0.1) is 0 Å². The minimum absolute atomic E-state index is 0.204. The van der Waals surface area contributed by atoms with Crippen LogP contribution in [0.2, 0.25) is 0 Å². The van der Waals surface area contributed by atoms with Crippen molar-refractivity contribution in [3.05, 3.63) is 120 Å². The fourth-order valence-electron chi connectivity index (χ4n) is 3.40. The molecule has 4 aromatic rings. The van der Waals surface area contributed by atoms with Crippen LogP contribution >= 0.6 is 11.8 Å². The monoisotopic (exact) mass is 468 g/mol. The van der Waals surface area contributed by atoms with E-state index in [9.17, 15) is 9.59 Å². The van der Waals surface area contributed by atoms with E-state index in [1.165, 1.54) is 11.8 Å². The molecule has 0 aliphatic carbocycles. The highest BCUT2D eigenvalue weighted by atomic mass is 32.2. The largest absolute Gasteiger partial charge is 0.497 e. The van der Waals surface area contributed by atoms with E-state index in [1.54, 1.807) is 55.6 Å². The smallest absolute Gasteiger partial charge is 0.257 e. The third kappa shape index (κ3) is 5.85. The van der Waals surface area contributed by atoms with Crippen molar-refractivity contribution in [2.24, 2.45) is 0 Å². The maximum Gasteiger partial charge on any atom is 0.257 e. The molecule has 1 unspecified atom stereocenters. The van der Waals surface area contributed by atoms with Gasteiger partial charge < -0.3 is 15.4 Å². The topological polar surface area (TPSA) is 67.4 Å². The summed E-state index contributed by atoms with van der Waals surface area (Å²) in [5.41, 5.74) is 2.35. The highest BCUT2D eigenvalue weighted by molar-refractivity contribution is 8.00. The molecule has 2 N–H and O–H groups in total. The first-order valence-corrected chi connectivity index (χ1v) is 11.6. The summed E-state index contributed by atoms with van der Waals surface area (Å²) in [6, 6.07) is 33.5. The first kappa shape index (κ1) is 23.1. The Morgan fingerprint density at radius 3 is 2.03 bits per heavy atom. The van der Waals surface area contributed by atoms with Crippen LogP contribution < -0.4 is 15.4 Å². The van der Waals surface area contributed by atoms with Gasteiger partial charge in [0.15, 0.2) is 0 Å². The lowest BCUT2D eigenvalue weighted by atomic mass is 10.1. The van der Waals surface area contributed by atoms with Gasteiger partial charge in [-0.05, 0) is 54.1 Å². The molecule has 0 aliphatic rings. The summed E-state index contributed by atoms with van der Waals surface area (Å²) >= 11 is 1.47. The molecular formula is C28H24N2O3S. The Labute approximate surface area is 203 Å². The summed E-state index contributed by atoms with van der Waals surface area (Å²) in [6.07, 6.45) is 0. The zero-order valence-corrected chi connectivity index (χ0v) is 19.4. The Balaban J connectivity index is 1.55. The van der Waals surface area contributed by atoms with Crippen LogP contribution in [0.15, 0.2) is 114 Å². The number of nitrogens with one attached hydrogen (secondary N) is 2. The van der Waals surface area contributed by atoms with Crippen molar-refractivity contribution in [1.29, 1.82) is 0 Å². The fraction of sp³-hybridized carbons (Fsp3) is 0.0714. The second-order valence-electron chi connectivity index (χ2n) is 7.44. The molecule has 6 heteroatoms. The standard InChI is InChI=1S/C28H24N2O3S/c1-33-22-18-16-21(17-19-22)29-27(31)24-14-8-9-15-25(24)30-28(32)26(20-10-4-2-5-11-20)34-23-12-6-3-7-13-23/h2-19,26H,1H3,(H,29,31)(H,30,32). The van der Waals surface area contributed by atoms with E-state index in [1.807, 2.05) is 60.7 Å². The molecular weight excluding hydrogens is 444 g/mol. The number of carbonyl (C=O) groups excluding carboxylic acids is 2. The average Bonchev–Trinajstić information content (AvgIpc) is 2.89. The number of ether oxygens (including phenoxy) is 1. The maximum absolute atomic E-state index is 13.4. The summed E-state index contributed by atoms with van der Waals surface area (Å²) in [7, 11) is 1.59. The third-order valence-corrected chi connectivity index (χ3v) is 6.38. The normalized spacial score (nSPS) is 11.3. The van der Waals surface area contributed by atoms with Gasteiger partial charge in [-0.1, -0.05) is 60.7 Å². The van der Waals surface area contributed by atoms with Crippen molar-refractivity contribution in [1.82, 2.24) is 0 Å². The lowest BCUT2D eigenvalue weighted by Crippen LogP contribution is -2.22. The lowest BCUT2D eigenvalue weighted by molar-refractivity contribution is -0.115. The number of carbonyl (C=O) groups is 2. The summed E-state index contributed by atoms with van der Waals surface area (Å²) in [6.45, 7) is 0. The maximum atomic E-state index is 13.4. The van der Waals surface area contributed by atoms with Crippen LogP contribution in [0.5, 0.6) is 5.75 Å². The van der Waals surface area contributed by atoms with Gasteiger partial charge >= 0.3 is 0 Å². The minimum Gasteiger partial charge on any atom is -0.497 e. The van der Waals surface area contributed by atoms with E-state index in [2.05, 4.69) is 10.6 Å². The van der Waals surface area contributed by atoms with Gasteiger partial charge in [0.25, 0.3) is 5.91 Å². The third-order valence-electron chi connectivity index (χ3n) is 5.12. The molecule has 170 valence electrons. The highest BCUT2D eigenvalue weighted by Crippen LogP contribution is 2.36. The average molecular weight is 469 g/mol. The zero-order chi connectivity index (χ0) is 23.8. The molecule has 0 radical (unpaired) electrons. The number of thioether (sulfide) groups is 1. The van der Waals surface area contributed by atoms with Gasteiger partial charge in [-0.3, -0.25) is 9.59 Å². The van der Waals surface area contributed by atoms with E-state index in [-0.39, 0.29) is 11.8 Å². The molecule has 0 spiro atoms. The Kier molecular flexibility index (Phi) is 7.63. The predicted octanol–water partition coefficient (Wildman–Crippen LogP) is 6.42. The highest BCUT2D eigenvalue weighted by Gasteiger charge is 2.23. The lowest BCUT2D eigenvalue weighted by Gasteiger charge is -2.18. The molecule has 0 saturated carbocycles. The molecule has 1 atom stereocenters. The molecule has 0 aliphatic heterocycles. The number of rotatable bonds is 8. The minimum atomic E-state index is -0.485. The van der Waals surface area contributed by atoms with Gasteiger partial charge in [0.1, 0.15) is 11.0 Å². The zero-order valence-electron chi connectivity index (χ0n) is 18.6. The van der Waals surface area contributed by atoms with Crippen LogP contribution in [0.4, 0.5) is 11.4 Å². The van der Waals surface area contributed by atoms with Crippen molar-refractivity contribution < 1.29 is 14.3 Å². The van der Waals surface area contributed by atoms with Crippen molar-refractivity contribution in [3.63, 3.8) is 0 Å². The number of methoxy groups -OCH3 is 1. The summed E-state index contributed by atoms with van der Waals surface area (Å²) < 4.78 is 5.16. The predicted molar refractivity (Wildman–Crippen MR) is 138 cm³/mol. The first-order valence-electron chi connectivity index (χ1n) is 10.8. The van der Waals surface area contributed by atoms with Gasteiger partial charge in [-0.15, -0.1) is 11.8 Å². The summed E-state index contributed by atoms with van der Waals surface area (Å²) in [5.74, 6) is 0.186. The first-order chi connectivity index (χ1) is 16.6. The van der Waals surface area contributed by atoms with Gasteiger partial charge in [-0.2, -0.15) is 0 Å². The van der Waals surface area contributed by atoms with Crippen LogP contribution in [-0.4, -0.2) is 18.9 Å². The number of amides is 2. The molecule has 4 aromatic carbocycles. The molecule has 34 heavy (non-hydrogen) atoms. The van der Waals surface area contributed by atoms with Crippen LogP contribution in [0.1, 0.15) is 21.2 Å². The van der Waals surface area contributed by atoms with Crippen LogP contribution in [0.25, 0.3) is 0 Å². The molecule has 0 saturated heterocycles. The molecule has 2 amide bonds. The Bertz CT molecular complexity index is 1250. The van der Waals surface area contributed by atoms with E-state index < -0.39 is 5.25 Å². The number of hydrogen-bond donors (Lipinski definition) is 2. The molecule has 0 heterocycles. The molecule has 4 rings (SSSR count). The number of benzene rings is 4. The summed E-state index contributed by atoms with van der Waals surface area (Å²) in [4.78, 5) is 27.4. The van der Waals surface area contributed by atoms with E-state index in [0.29, 0.717) is 22.7 Å². The van der Waals surface area contributed by atoms with Crippen molar-refractivity contribution in [2.75, 3.05) is 17.7 Å². The Hall–Kier alpha value is -4.03. The van der Waals surface area contributed by atoms with Gasteiger partial charge in [-0.25, -0.2) is 0 Å². The number of para-hydroxylation sites is 1. The second-order valence-corrected chi connectivity index (χ2v) is 8.62. The SMILES string of the molecule is COc1ccc(NC(=O)c2ccccc2NC(=O)C(Sc2ccccc2)c2ccccc2)cc1. The van der Waals surface area contributed by atoms with Gasteiger partial charge in [0.2, 0.25) is 5.91 Å². The van der Waals surface area contributed by atoms with Gasteiger partial charge in [0, 0.05) is 10.6 Å². The van der Waals surface area contributed by atoms with E-state index >= 15 is 0 Å². The molecule has 0 bridgehead atoms. The van der Waals surface area contributed by atoms with Crippen LogP contribution in [0.3, 0.4) is 0 Å². The quantitative estimate of drug-likeness (QED) is 0.293. The van der Waals surface area contributed by atoms with Crippen molar-refractivity contribution >= 4 is 35.0 Å². The van der Waals surface area contributed by atoms with Crippen LogP contribution in [-0.2, 0) is 4.79 Å². The fourth-order valence-corrected chi connectivity index (χ4v) is 4.44. The van der Waals surface area contributed by atoms with Crippen molar-refractivity contribution in [3.8, 4) is 5.75 Å². The Morgan fingerprint density at radius 2 is 1.35 bits per heavy atom.